The minimum absolute atomic E-state index is 0.239. The van der Waals surface area contributed by atoms with Gasteiger partial charge in [-0.05, 0) is 18.6 Å². The van der Waals surface area contributed by atoms with Crippen LogP contribution in [0.5, 0.6) is 5.75 Å². The Bertz CT molecular complexity index is 680. The lowest BCUT2D eigenvalue weighted by Crippen LogP contribution is -2.06. The molecule has 0 spiro atoms. The molecule has 0 bridgehead atoms. The average molecular weight is 280 g/mol. The molecule has 1 atom stereocenters. The second-order valence-corrected chi connectivity index (χ2v) is 4.65. The summed E-state index contributed by atoms with van der Waals surface area (Å²) in [6.07, 6.45) is 0.517. The SMILES string of the molecule is CC[C@@H](Oc1ccccc1)c1nc(-c2ccccc2)no1. The molecule has 0 aliphatic heterocycles. The van der Waals surface area contributed by atoms with E-state index in [2.05, 4.69) is 10.1 Å². The monoisotopic (exact) mass is 280 g/mol. The van der Waals surface area contributed by atoms with Crippen molar-refractivity contribution in [1.29, 1.82) is 0 Å². The van der Waals surface area contributed by atoms with Crippen LogP contribution in [0.4, 0.5) is 0 Å². The number of nitrogens with zero attached hydrogens (tertiary/aromatic N) is 2. The van der Waals surface area contributed by atoms with Crippen LogP contribution in [0.2, 0.25) is 0 Å². The number of para-hydroxylation sites is 1. The molecule has 0 radical (unpaired) electrons. The van der Waals surface area contributed by atoms with Crippen LogP contribution in [0.25, 0.3) is 11.4 Å². The van der Waals surface area contributed by atoms with Gasteiger partial charge in [-0.3, -0.25) is 0 Å². The highest BCUT2D eigenvalue weighted by Gasteiger charge is 2.19. The van der Waals surface area contributed by atoms with Gasteiger partial charge in [0.05, 0.1) is 0 Å². The summed E-state index contributed by atoms with van der Waals surface area (Å²) in [4.78, 5) is 4.45. The van der Waals surface area contributed by atoms with E-state index in [9.17, 15) is 0 Å². The smallest absolute Gasteiger partial charge is 0.268 e. The first-order valence-corrected chi connectivity index (χ1v) is 6.97. The highest BCUT2D eigenvalue weighted by Crippen LogP contribution is 2.25. The van der Waals surface area contributed by atoms with E-state index in [1.54, 1.807) is 0 Å². The molecule has 4 heteroatoms. The van der Waals surface area contributed by atoms with Crippen LogP contribution in [0.3, 0.4) is 0 Å². The molecular formula is C17H16N2O2. The molecule has 1 aromatic heterocycles. The van der Waals surface area contributed by atoms with E-state index >= 15 is 0 Å². The zero-order valence-electron chi connectivity index (χ0n) is 11.8. The highest BCUT2D eigenvalue weighted by atomic mass is 16.5. The highest BCUT2D eigenvalue weighted by molar-refractivity contribution is 5.53. The van der Waals surface area contributed by atoms with E-state index in [1.165, 1.54) is 0 Å². The van der Waals surface area contributed by atoms with Gasteiger partial charge in [-0.1, -0.05) is 60.6 Å². The van der Waals surface area contributed by atoms with Crippen LogP contribution in [0.1, 0.15) is 25.3 Å². The topological polar surface area (TPSA) is 48.2 Å². The molecule has 0 aliphatic rings. The van der Waals surface area contributed by atoms with Crippen LogP contribution in [-0.4, -0.2) is 10.1 Å². The summed E-state index contributed by atoms with van der Waals surface area (Å²) in [5.41, 5.74) is 0.932. The molecule has 0 aliphatic carbocycles. The second-order valence-electron chi connectivity index (χ2n) is 4.65. The molecule has 1 heterocycles. The summed E-state index contributed by atoms with van der Waals surface area (Å²) in [5, 5.41) is 4.03. The third-order valence-corrected chi connectivity index (χ3v) is 3.14. The molecule has 3 rings (SSSR count). The number of aromatic nitrogens is 2. The molecule has 0 amide bonds. The Kier molecular flexibility index (Phi) is 3.96. The quantitative estimate of drug-likeness (QED) is 0.700. The zero-order valence-corrected chi connectivity index (χ0v) is 11.8. The fraction of sp³-hybridized carbons (Fsp3) is 0.176. The van der Waals surface area contributed by atoms with Crippen molar-refractivity contribution < 1.29 is 9.26 Å². The Balaban J connectivity index is 1.81. The predicted octanol–water partition coefficient (Wildman–Crippen LogP) is 4.27. The lowest BCUT2D eigenvalue weighted by Gasteiger charge is -2.13. The summed E-state index contributed by atoms with van der Waals surface area (Å²) >= 11 is 0. The Morgan fingerprint density at radius 3 is 2.33 bits per heavy atom. The number of hydrogen-bond acceptors (Lipinski definition) is 4. The van der Waals surface area contributed by atoms with Crippen molar-refractivity contribution in [3.63, 3.8) is 0 Å². The normalized spacial score (nSPS) is 12.0. The van der Waals surface area contributed by atoms with E-state index in [4.69, 9.17) is 9.26 Å². The van der Waals surface area contributed by atoms with E-state index in [1.807, 2.05) is 67.6 Å². The first-order valence-electron chi connectivity index (χ1n) is 6.97. The maximum Gasteiger partial charge on any atom is 0.268 e. The van der Waals surface area contributed by atoms with Crippen molar-refractivity contribution in [2.75, 3.05) is 0 Å². The summed E-state index contributed by atoms with van der Waals surface area (Å²) in [5.74, 6) is 1.88. The maximum absolute atomic E-state index is 5.90. The van der Waals surface area contributed by atoms with Gasteiger partial charge in [0.1, 0.15) is 5.75 Å². The fourth-order valence-corrected chi connectivity index (χ4v) is 2.04. The first-order chi connectivity index (χ1) is 10.4. The molecule has 106 valence electrons. The molecule has 2 aromatic carbocycles. The van der Waals surface area contributed by atoms with Crippen LogP contribution < -0.4 is 4.74 Å². The van der Waals surface area contributed by atoms with Gasteiger partial charge in [-0.2, -0.15) is 4.98 Å². The van der Waals surface area contributed by atoms with E-state index in [-0.39, 0.29) is 6.10 Å². The van der Waals surface area contributed by atoms with Crippen molar-refractivity contribution in [2.45, 2.75) is 19.4 Å². The lowest BCUT2D eigenvalue weighted by molar-refractivity contribution is 0.154. The van der Waals surface area contributed by atoms with Gasteiger partial charge in [0.2, 0.25) is 5.82 Å². The van der Waals surface area contributed by atoms with E-state index in [0.717, 1.165) is 17.7 Å². The van der Waals surface area contributed by atoms with Crippen molar-refractivity contribution >= 4 is 0 Å². The summed E-state index contributed by atoms with van der Waals surface area (Å²) < 4.78 is 11.3. The third-order valence-electron chi connectivity index (χ3n) is 3.14. The molecule has 0 fully saturated rings. The first kappa shape index (κ1) is 13.4. The molecule has 0 unspecified atom stereocenters. The maximum atomic E-state index is 5.90. The third kappa shape index (κ3) is 3.11. The minimum atomic E-state index is -0.239. The molecule has 0 saturated heterocycles. The Morgan fingerprint density at radius 1 is 1.00 bits per heavy atom. The number of hydrogen-bond donors (Lipinski definition) is 0. The fourth-order valence-electron chi connectivity index (χ4n) is 2.04. The lowest BCUT2D eigenvalue weighted by atomic mass is 10.2. The molecule has 4 nitrogen and oxygen atoms in total. The van der Waals surface area contributed by atoms with Gasteiger partial charge < -0.3 is 9.26 Å². The van der Waals surface area contributed by atoms with Crippen molar-refractivity contribution in [2.24, 2.45) is 0 Å². The number of benzene rings is 2. The van der Waals surface area contributed by atoms with Gasteiger partial charge in [-0.25, -0.2) is 0 Å². The van der Waals surface area contributed by atoms with Crippen LogP contribution >= 0.6 is 0 Å². The molecular weight excluding hydrogens is 264 g/mol. The minimum Gasteiger partial charge on any atom is -0.481 e. The van der Waals surface area contributed by atoms with E-state index in [0.29, 0.717) is 11.7 Å². The van der Waals surface area contributed by atoms with Gasteiger partial charge in [0.25, 0.3) is 5.89 Å². The van der Waals surface area contributed by atoms with Crippen molar-refractivity contribution in [3.05, 3.63) is 66.6 Å². The van der Waals surface area contributed by atoms with Gasteiger partial charge in [0, 0.05) is 5.56 Å². The second kappa shape index (κ2) is 6.22. The summed E-state index contributed by atoms with van der Waals surface area (Å²) in [6, 6.07) is 19.4. The van der Waals surface area contributed by atoms with Crippen LogP contribution in [0.15, 0.2) is 65.2 Å². The Morgan fingerprint density at radius 2 is 1.67 bits per heavy atom. The molecule has 3 aromatic rings. The van der Waals surface area contributed by atoms with Gasteiger partial charge in [-0.15, -0.1) is 0 Å². The van der Waals surface area contributed by atoms with Crippen LogP contribution in [-0.2, 0) is 0 Å². The largest absolute Gasteiger partial charge is 0.481 e. The molecule has 0 N–H and O–H groups in total. The average Bonchev–Trinajstić information content (AvgIpc) is 3.04. The Labute approximate surface area is 123 Å². The number of ether oxygens (including phenoxy) is 1. The summed E-state index contributed by atoms with van der Waals surface area (Å²) in [6.45, 7) is 2.03. The van der Waals surface area contributed by atoms with Gasteiger partial charge >= 0.3 is 0 Å². The molecule has 0 saturated carbocycles. The van der Waals surface area contributed by atoms with Gasteiger partial charge in [0.15, 0.2) is 6.10 Å². The van der Waals surface area contributed by atoms with Crippen LogP contribution in [0, 0.1) is 0 Å². The number of rotatable bonds is 5. The molecule has 21 heavy (non-hydrogen) atoms. The van der Waals surface area contributed by atoms with Crippen molar-refractivity contribution in [3.8, 4) is 17.1 Å². The Hall–Kier alpha value is -2.62. The summed E-state index contributed by atoms with van der Waals surface area (Å²) in [7, 11) is 0. The van der Waals surface area contributed by atoms with E-state index < -0.39 is 0 Å². The standard InChI is InChI=1S/C17H16N2O2/c1-2-15(20-14-11-7-4-8-12-14)17-18-16(19-21-17)13-9-5-3-6-10-13/h3-12,15H,2H2,1H3/t15-/m1/s1. The van der Waals surface area contributed by atoms with Crippen molar-refractivity contribution in [1.82, 2.24) is 10.1 Å². The predicted molar refractivity (Wildman–Crippen MR) is 79.8 cm³/mol. The zero-order chi connectivity index (χ0) is 14.5.